The third-order valence-corrected chi connectivity index (χ3v) is 4.12. The van der Waals surface area contributed by atoms with Crippen molar-refractivity contribution in [3.63, 3.8) is 0 Å². The molecule has 0 bridgehead atoms. The number of rotatable bonds is 4. The second kappa shape index (κ2) is 6.04. The second-order valence-electron chi connectivity index (χ2n) is 5.66. The summed E-state index contributed by atoms with van der Waals surface area (Å²) in [6.45, 7) is 0. The predicted molar refractivity (Wildman–Crippen MR) is 80.4 cm³/mol. The van der Waals surface area contributed by atoms with E-state index in [1.807, 2.05) is 24.4 Å². The van der Waals surface area contributed by atoms with Crippen LogP contribution in [0, 0.1) is 11.8 Å². The lowest BCUT2D eigenvalue weighted by Crippen LogP contribution is -2.21. The van der Waals surface area contributed by atoms with Crippen LogP contribution in [-0.2, 0) is 4.79 Å². The lowest BCUT2D eigenvalue weighted by molar-refractivity contribution is -0.122. The third kappa shape index (κ3) is 3.16. The van der Waals surface area contributed by atoms with Gasteiger partial charge in [-0.05, 0) is 43.1 Å². The van der Waals surface area contributed by atoms with Gasteiger partial charge in [-0.2, -0.15) is 5.10 Å². The van der Waals surface area contributed by atoms with Crippen molar-refractivity contribution in [3.8, 4) is 0 Å². The number of nitrogens with one attached hydrogen (secondary N) is 1. The molecule has 0 aromatic heterocycles. The number of carbonyl (C=O) groups excluding carboxylic acids is 1. The van der Waals surface area contributed by atoms with E-state index in [0.717, 1.165) is 25.7 Å². The highest BCUT2D eigenvalue weighted by molar-refractivity contribution is 5.83. The molecule has 1 N–H and O–H groups in total. The maximum Gasteiger partial charge on any atom is 0.243 e. The van der Waals surface area contributed by atoms with Gasteiger partial charge in [0.05, 0.1) is 0 Å². The van der Waals surface area contributed by atoms with Crippen molar-refractivity contribution in [2.75, 3.05) is 0 Å². The first-order valence-electron chi connectivity index (χ1n) is 7.37. The van der Waals surface area contributed by atoms with Crippen molar-refractivity contribution in [1.29, 1.82) is 0 Å². The van der Waals surface area contributed by atoms with E-state index in [9.17, 15) is 4.79 Å². The zero-order valence-corrected chi connectivity index (χ0v) is 11.5. The van der Waals surface area contributed by atoms with Gasteiger partial charge in [0, 0.05) is 12.1 Å². The number of nitrogens with zero attached hydrogens (tertiary/aromatic N) is 1. The summed E-state index contributed by atoms with van der Waals surface area (Å²) in [4.78, 5) is 12.0. The van der Waals surface area contributed by atoms with Crippen LogP contribution in [0.25, 0.3) is 0 Å². The summed E-state index contributed by atoms with van der Waals surface area (Å²) in [5.41, 5.74) is 3.96. The minimum atomic E-state index is 0.0569. The van der Waals surface area contributed by atoms with Gasteiger partial charge >= 0.3 is 0 Å². The molecule has 1 saturated carbocycles. The Labute approximate surface area is 119 Å². The molecule has 3 rings (SSSR count). The van der Waals surface area contributed by atoms with Gasteiger partial charge in [0.25, 0.3) is 0 Å². The van der Waals surface area contributed by atoms with Gasteiger partial charge in [0.1, 0.15) is 0 Å². The number of allylic oxidation sites excluding steroid dienone is 2. The predicted octanol–water partition coefficient (Wildman–Crippen LogP) is 3.25. The molecule has 0 saturated heterocycles. The summed E-state index contributed by atoms with van der Waals surface area (Å²) in [6.07, 6.45) is 10.5. The molecule has 3 atom stereocenters. The van der Waals surface area contributed by atoms with E-state index < -0.39 is 0 Å². The molecule has 2 aliphatic carbocycles. The topological polar surface area (TPSA) is 41.5 Å². The Balaban J connectivity index is 1.47. The molecule has 0 heterocycles. The molecule has 1 aromatic rings. The van der Waals surface area contributed by atoms with Crippen LogP contribution in [0.1, 0.15) is 37.2 Å². The van der Waals surface area contributed by atoms with E-state index in [1.54, 1.807) is 0 Å². The molecule has 20 heavy (non-hydrogen) atoms. The molecule has 104 valence electrons. The van der Waals surface area contributed by atoms with Crippen LogP contribution in [0.2, 0.25) is 0 Å². The van der Waals surface area contributed by atoms with E-state index in [2.05, 4.69) is 34.8 Å². The van der Waals surface area contributed by atoms with Crippen molar-refractivity contribution >= 4 is 12.1 Å². The van der Waals surface area contributed by atoms with Crippen LogP contribution in [0.5, 0.6) is 0 Å². The van der Waals surface area contributed by atoms with Crippen LogP contribution < -0.4 is 5.43 Å². The first kappa shape index (κ1) is 13.1. The summed E-state index contributed by atoms with van der Waals surface area (Å²) >= 11 is 0. The number of hydrogen-bond acceptors (Lipinski definition) is 2. The van der Waals surface area contributed by atoms with Gasteiger partial charge in [0.2, 0.25) is 5.91 Å². The quantitative estimate of drug-likeness (QED) is 0.508. The highest BCUT2D eigenvalue weighted by Crippen LogP contribution is 2.47. The largest absolute Gasteiger partial charge is 0.273 e. The molecule has 0 radical (unpaired) electrons. The Hall–Kier alpha value is -1.90. The summed E-state index contributed by atoms with van der Waals surface area (Å²) in [6, 6.07) is 10.2. The van der Waals surface area contributed by atoms with Crippen LogP contribution in [0.3, 0.4) is 0 Å². The summed E-state index contributed by atoms with van der Waals surface area (Å²) in [7, 11) is 0. The van der Waals surface area contributed by atoms with Crippen LogP contribution in [0.4, 0.5) is 0 Å². The lowest BCUT2D eigenvalue weighted by atomic mass is 9.96. The van der Waals surface area contributed by atoms with Crippen molar-refractivity contribution in [2.24, 2.45) is 16.9 Å². The Morgan fingerprint density at radius 2 is 2.10 bits per heavy atom. The first-order chi connectivity index (χ1) is 9.84. The number of benzene rings is 1. The Bertz CT molecular complexity index is 521. The SMILES string of the molecule is O=C(N/N=C\[C@H]1CC=CCC1)[C@H]1C[C@@H]1c1ccccc1. The fourth-order valence-electron chi connectivity index (χ4n) is 2.80. The summed E-state index contributed by atoms with van der Waals surface area (Å²) in [5, 5.41) is 4.13. The lowest BCUT2D eigenvalue weighted by Gasteiger charge is -2.11. The van der Waals surface area contributed by atoms with Gasteiger partial charge < -0.3 is 0 Å². The average molecular weight is 268 g/mol. The number of amides is 1. The number of hydrazone groups is 1. The average Bonchev–Trinajstić information content (AvgIpc) is 3.30. The molecule has 3 heteroatoms. The minimum absolute atomic E-state index is 0.0569. The van der Waals surface area contributed by atoms with Gasteiger partial charge in [-0.1, -0.05) is 42.5 Å². The Morgan fingerprint density at radius 3 is 2.85 bits per heavy atom. The Morgan fingerprint density at radius 1 is 1.25 bits per heavy atom. The number of carbonyl (C=O) groups is 1. The molecule has 0 aliphatic heterocycles. The molecule has 3 nitrogen and oxygen atoms in total. The maximum atomic E-state index is 12.0. The highest BCUT2D eigenvalue weighted by Gasteiger charge is 2.43. The highest BCUT2D eigenvalue weighted by atomic mass is 16.2. The van der Waals surface area contributed by atoms with E-state index in [-0.39, 0.29) is 11.8 Å². The van der Waals surface area contributed by atoms with Crippen molar-refractivity contribution < 1.29 is 4.79 Å². The molecule has 1 amide bonds. The second-order valence-corrected chi connectivity index (χ2v) is 5.66. The fourth-order valence-corrected chi connectivity index (χ4v) is 2.80. The maximum absolute atomic E-state index is 12.0. The number of hydrogen-bond donors (Lipinski definition) is 1. The molecular formula is C17H20N2O. The van der Waals surface area contributed by atoms with E-state index in [4.69, 9.17) is 0 Å². The third-order valence-electron chi connectivity index (χ3n) is 4.12. The van der Waals surface area contributed by atoms with Gasteiger partial charge in [0.15, 0.2) is 0 Å². The zero-order valence-electron chi connectivity index (χ0n) is 11.5. The first-order valence-corrected chi connectivity index (χ1v) is 7.37. The summed E-state index contributed by atoms with van der Waals surface area (Å²) in [5.74, 6) is 1.01. The molecule has 0 spiro atoms. The van der Waals surface area contributed by atoms with Crippen molar-refractivity contribution in [1.82, 2.24) is 5.43 Å². The molecule has 0 unspecified atom stereocenters. The van der Waals surface area contributed by atoms with E-state index in [0.29, 0.717) is 11.8 Å². The molecular weight excluding hydrogens is 248 g/mol. The minimum Gasteiger partial charge on any atom is -0.273 e. The molecule has 1 aromatic carbocycles. The molecule has 2 aliphatic rings. The van der Waals surface area contributed by atoms with Crippen LogP contribution in [-0.4, -0.2) is 12.1 Å². The molecule has 1 fully saturated rings. The zero-order chi connectivity index (χ0) is 13.8. The van der Waals surface area contributed by atoms with Crippen molar-refractivity contribution in [2.45, 2.75) is 31.6 Å². The van der Waals surface area contributed by atoms with E-state index >= 15 is 0 Å². The standard InChI is InChI=1S/C17H20N2O/c20-17(19-18-12-13-7-3-1-4-8-13)16-11-15(16)14-9-5-2-6-10-14/h1-3,5-6,9-10,12-13,15-16H,4,7-8,11H2,(H,19,20)/b18-12-/t13-,15+,16-/m0/s1. The van der Waals surface area contributed by atoms with Crippen LogP contribution >= 0.6 is 0 Å². The van der Waals surface area contributed by atoms with Gasteiger partial charge in [-0.15, -0.1) is 0 Å². The normalized spacial score (nSPS) is 28.5. The summed E-state index contributed by atoms with van der Waals surface area (Å²) < 4.78 is 0. The van der Waals surface area contributed by atoms with Crippen molar-refractivity contribution in [3.05, 3.63) is 48.0 Å². The van der Waals surface area contributed by atoms with E-state index in [1.165, 1.54) is 5.56 Å². The smallest absolute Gasteiger partial charge is 0.243 e. The van der Waals surface area contributed by atoms with Gasteiger partial charge in [-0.3, -0.25) is 4.79 Å². The fraction of sp³-hybridized carbons (Fsp3) is 0.412. The van der Waals surface area contributed by atoms with Crippen LogP contribution in [0.15, 0.2) is 47.6 Å². The van der Waals surface area contributed by atoms with Gasteiger partial charge in [-0.25, -0.2) is 5.43 Å². The monoisotopic (exact) mass is 268 g/mol. The Kier molecular flexibility index (Phi) is 3.95.